The minimum Gasteiger partial charge on any atom is -0.393 e. The van der Waals surface area contributed by atoms with E-state index >= 15 is 0 Å². The second-order valence-corrected chi connectivity index (χ2v) is 4.63. The van der Waals surface area contributed by atoms with Crippen LogP contribution in [0.1, 0.15) is 0 Å². The molecule has 2 aromatic rings. The molecule has 0 amide bonds. The highest BCUT2D eigenvalue weighted by atomic mass is 16.7. The first-order valence-corrected chi connectivity index (χ1v) is 6.21. The van der Waals surface area contributed by atoms with Crippen LogP contribution in [-0.4, -0.2) is 77.8 Å². The largest absolute Gasteiger partial charge is 0.393 e. The SMILES string of the molecule is OCC1(CO)O[C@@H](O)[C@H](O)[C@@H]1O.c1ncc2cc[nH]c2n1. The molecule has 6 N–H and O–H groups in total. The van der Waals surface area contributed by atoms with E-state index in [2.05, 4.69) is 19.7 Å². The molecule has 2 aromatic heterocycles. The summed E-state index contributed by atoms with van der Waals surface area (Å²) in [6.07, 6.45) is 0.600. The molecule has 116 valence electrons. The summed E-state index contributed by atoms with van der Waals surface area (Å²) in [6.45, 7) is -1.34. The minimum atomic E-state index is -1.65. The number of nitrogens with one attached hydrogen (secondary N) is 1. The van der Waals surface area contributed by atoms with Crippen molar-refractivity contribution in [2.24, 2.45) is 0 Å². The van der Waals surface area contributed by atoms with Crippen LogP contribution in [0.25, 0.3) is 11.0 Å². The van der Waals surface area contributed by atoms with Gasteiger partial charge in [0.05, 0.1) is 13.2 Å². The number of nitrogens with zero attached hydrogens (tertiary/aromatic N) is 2. The molecule has 9 heteroatoms. The van der Waals surface area contributed by atoms with Crippen molar-refractivity contribution in [3.8, 4) is 0 Å². The van der Waals surface area contributed by atoms with Crippen molar-refractivity contribution in [1.82, 2.24) is 15.0 Å². The number of aromatic amines is 1. The predicted molar refractivity (Wildman–Crippen MR) is 69.9 cm³/mol. The molecule has 0 bridgehead atoms. The second kappa shape index (κ2) is 6.43. The second-order valence-electron chi connectivity index (χ2n) is 4.63. The van der Waals surface area contributed by atoms with Gasteiger partial charge in [0, 0.05) is 17.8 Å². The number of aliphatic hydroxyl groups excluding tert-OH is 5. The standard InChI is InChI=1S/C6H5N3.C6H12O6/c1-2-8-6-5(1)3-7-4-9-6;7-1-6(2-8)4(10)3(9)5(11)12-6/h1-4H,(H,7,8,9);3-5,7-11H,1-2H2/t;3-,4+,5-/m.1/s1. The number of ether oxygens (including phenoxy) is 1. The van der Waals surface area contributed by atoms with Gasteiger partial charge in [0.1, 0.15) is 29.8 Å². The third-order valence-electron chi connectivity index (χ3n) is 3.27. The van der Waals surface area contributed by atoms with Gasteiger partial charge in [-0.05, 0) is 6.07 Å². The highest BCUT2D eigenvalue weighted by Crippen LogP contribution is 2.29. The lowest BCUT2D eigenvalue weighted by Gasteiger charge is -2.26. The van der Waals surface area contributed by atoms with E-state index < -0.39 is 37.3 Å². The van der Waals surface area contributed by atoms with Gasteiger partial charge < -0.3 is 35.3 Å². The molecule has 1 saturated heterocycles. The third-order valence-corrected chi connectivity index (χ3v) is 3.27. The average molecular weight is 299 g/mol. The molecule has 21 heavy (non-hydrogen) atoms. The number of hydrogen-bond donors (Lipinski definition) is 6. The summed E-state index contributed by atoms with van der Waals surface area (Å²) in [5.41, 5.74) is -0.760. The first-order valence-electron chi connectivity index (χ1n) is 6.21. The lowest BCUT2D eigenvalue weighted by atomic mass is 9.97. The molecular formula is C12H17N3O6. The van der Waals surface area contributed by atoms with E-state index in [9.17, 15) is 5.11 Å². The Morgan fingerprint density at radius 1 is 1.24 bits per heavy atom. The molecule has 0 aromatic carbocycles. The van der Waals surface area contributed by atoms with Gasteiger partial charge in [0.25, 0.3) is 0 Å². The zero-order valence-corrected chi connectivity index (χ0v) is 11.0. The van der Waals surface area contributed by atoms with Crippen molar-refractivity contribution in [2.75, 3.05) is 13.2 Å². The number of hydrogen-bond acceptors (Lipinski definition) is 8. The number of fused-ring (bicyclic) bond motifs is 1. The van der Waals surface area contributed by atoms with Gasteiger partial charge >= 0.3 is 0 Å². The van der Waals surface area contributed by atoms with E-state index in [-0.39, 0.29) is 0 Å². The molecule has 0 radical (unpaired) electrons. The minimum absolute atomic E-state index is 0.668. The Morgan fingerprint density at radius 3 is 2.43 bits per heavy atom. The summed E-state index contributed by atoms with van der Waals surface area (Å²) in [7, 11) is 0. The number of H-pyrrole nitrogens is 1. The Morgan fingerprint density at radius 2 is 1.95 bits per heavy atom. The zero-order chi connectivity index (χ0) is 15.5. The van der Waals surface area contributed by atoms with Crippen LogP contribution in [0.3, 0.4) is 0 Å². The fraction of sp³-hybridized carbons (Fsp3) is 0.500. The van der Waals surface area contributed by atoms with E-state index in [4.69, 9.17) is 20.4 Å². The fourth-order valence-corrected chi connectivity index (χ4v) is 1.95. The molecule has 3 atom stereocenters. The molecule has 1 aliphatic rings. The van der Waals surface area contributed by atoms with Crippen LogP contribution in [-0.2, 0) is 4.74 Å². The van der Waals surface area contributed by atoms with Crippen LogP contribution in [0.2, 0.25) is 0 Å². The topological polar surface area (TPSA) is 152 Å². The van der Waals surface area contributed by atoms with Crippen molar-refractivity contribution in [1.29, 1.82) is 0 Å². The maximum absolute atomic E-state index is 9.22. The summed E-state index contributed by atoms with van der Waals surface area (Å²) >= 11 is 0. The Kier molecular flexibility index (Phi) is 4.83. The molecule has 3 rings (SSSR count). The normalized spacial score (nSPS) is 27.4. The van der Waals surface area contributed by atoms with Gasteiger partial charge in [0.2, 0.25) is 0 Å². The predicted octanol–water partition coefficient (Wildman–Crippen LogP) is -2.26. The molecule has 0 unspecified atom stereocenters. The molecule has 3 heterocycles. The highest BCUT2D eigenvalue weighted by molar-refractivity contribution is 5.73. The van der Waals surface area contributed by atoms with Crippen molar-refractivity contribution in [2.45, 2.75) is 24.1 Å². The average Bonchev–Trinajstić information content (AvgIpc) is 3.07. The van der Waals surface area contributed by atoms with E-state index in [0.29, 0.717) is 0 Å². The van der Waals surface area contributed by atoms with Crippen LogP contribution in [0, 0.1) is 0 Å². The molecular weight excluding hydrogens is 282 g/mol. The van der Waals surface area contributed by atoms with Gasteiger partial charge in [-0.25, -0.2) is 9.97 Å². The quantitative estimate of drug-likeness (QED) is 0.363. The van der Waals surface area contributed by atoms with Crippen LogP contribution >= 0.6 is 0 Å². The number of aromatic nitrogens is 3. The maximum atomic E-state index is 9.22. The van der Waals surface area contributed by atoms with Crippen LogP contribution in [0.4, 0.5) is 0 Å². The molecule has 0 aliphatic carbocycles. The molecule has 1 aliphatic heterocycles. The van der Waals surface area contributed by atoms with Gasteiger partial charge in [-0.2, -0.15) is 0 Å². The summed E-state index contributed by atoms with van der Waals surface area (Å²) in [4.78, 5) is 10.8. The van der Waals surface area contributed by atoms with E-state index in [1.54, 1.807) is 6.20 Å². The molecule has 9 nitrogen and oxygen atoms in total. The Hall–Kier alpha value is -1.62. The number of aliphatic hydroxyl groups is 5. The molecule has 0 spiro atoms. The summed E-state index contributed by atoms with van der Waals surface area (Å²) in [5, 5.41) is 45.7. The summed E-state index contributed by atoms with van der Waals surface area (Å²) in [6, 6.07) is 1.94. The van der Waals surface area contributed by atoms with Gasteiger partial charge in [-0.1, -0.05) is 0 Å². The van der Waals surface area contributed by atoms with E-state index in [0.717, 1.165) is 11.0 Å². The first-order chi connectivity index (χ1) is 10.0. The van der Waals surface area contributed by atoms with Gasteiger partial charge in [-0.15, -0.1) is 0 Å². The van der Waals surface area contributed by atoms with Crippen LogP contribution in [0.5, 0.6) is 0 Å². The first kappa shape index (κ1) is 15.8. The van der Waals surface area contributed by atoms with Crippen molar-refractivity contribution in [3.05, 3.63) is 24.8 Å². The molecule has 1 fully saturated rings. The van der Waals surface area contributed by atoms with Crippen molar-refractivity contribution >= 4 is 11.0 Å². The smallest absolute Gasteiger partial charge is 0.184 e. The van der Waals surface area contributed by atoms with E-state index in [1.165, 1.54) is 6.33 Å². The number of rotatable bonds is 2. The Bertz CT molecular complexity index is 543. The fourth-order valence-electron chi connectivity index (χ4n) is 1.95. The van der Waals surface area contributed by atoms with E-state index in [1.807, 2.05) is 12.3 Å². The Labute approximate surface area is 119 Å². The highest BCUT2D eigenvalue weighted by Gasteiger charge is 2.53. The van der Waals surface area contributed by atoms with Crippen LogP contribution < -0.4 is 0 Å². The van der Waals surface area contributed by atoms with Crippen molar-refractivity contribution < 1.29 is 30.3 Å². The third kappa shape index (κ3) is 3.02. The van der Waals surface area contributed by atoms with Gasteiger partial charge in [0.15, 0.2) is 6.29 Å². The van der Waals surface area contributed by atoms with Gasteiger partial charge in [-0.3, -0.25) is 0 Å². The van der Waals surface area contributed by atoms with Crippen LogP contribution in [0.15, 0.2) is 24.8 Å². The van der Waals surface area contributed by atoms with Crippen molar-refractivity contribution in [3.63, 3.8) is 0 Å². The Balaban J connectivity index is 0.000000159. The monoisotopic (exact) mass is 299 g/mol. The molecule has 0 saturated carbocycles. The lowest BCUT2D eigenvalue weighted by molar-refractivity contribution is -0.187. The summed E-state index contributed by atoms with van der Waals surface area (Å²) in [5.74, 6) is 0. The summed E-state index contributed by atoms with van der Waals surface area (Å²) < 4.78 is 4.63. The zero-order valence-electron chi connectivity index (χ0n) is 11.0. The maximum Gasteiger partial charge on any atom is 0.184 e. The lowest BCUT2D eigenvalue weighted by Crippen LogP contribution is -2.49.